The molecule has 0 amide bonds. The molecular weight excluding hydrogens is 338 g/mol. The Morgan fingerprint density at radius 1 is 1.08 bits per heavy atom. The molecule has 0 bridgehead atoms. The van der Waals surface area contributed by atoms with Crippen molar-refractivity contribution in [2.45, 2.75) is 51.2 Å². The molecule has 2 saturated heterocycles. The lowest BCUT2D eigenvalue weighted by Crippen LogP contribution is -2.41. The number of halogens is 3. The van der Waals surface area contributed by atoms with E-state index in [0.29, 0.717) is 6.61 Å². The van der Waals surface area contributed by atoms with Gasteiger partial charge in [-0.25, -0.2) is 0 Å². The van der Waals surface area contributed by atoms with Gasteiger partial charge in [-0.2, -0.15) is 13.2 Å². The van der Waals surface area contributed by atoms with Crippen LogP contribution in [0.15, 0.2) is 12.1 Å². The van der Waals surface area contributed by atoms with Gasteiger partial charge in [0.05, 0.1) is 36.6 Å². The topological polar surface area (TPSA) is 49.8 Å². The molecule has 3 heterocycles. The molecule has 1 aromatic heterocycles. The third kappa shape index (κ3) is 3.55. The first-order chi connectivity index (χ1) is 11.5. The van der Waals surface area contributed by atoms with E-state index in [2.05, 4.69) is 4.98 Å². The molecule has 5 nitrogen and oxygen atoms in total. The summed E-state index contributed by atoms with van der Waals surface area (Å²) in [5, 5.41) is 0. The second kappa shape index (κ2) is 6.23. The van der Waals surface area contributed by atoms with E-state index in [1.807, 2.05) is 27.7 Å². The minimum Gasteiger partial charge on any atom is -0.398 e. The van der Waals surface area contributed by atoms with Crippen LogP contribution in [0.4, 0.5) is 13.2 Å². The first-order valence-corrected chi connectivity index (χ1v) is 8.14. The number of hydrogen-bond donors (Lipinski definition) is 0. The van der Waals surface area contributed by atoms with E-state index in [4.69, 9.17) is 18.8 Å². The number of ether oxygens (including phenoxy) is 2. The fourth-order valence-electron chi connectivity index (χ4n) is 2.73. The lowest BCUT2D eigenvalue weighted by atomic mass is 9.83. The van der Waals surface area contributed by atoms with E-state index in [1.165, 1.54) is 12.1 Å². The van der Waals surface area contributed by atoms with E-state index >= 15 is 0 Å². The average Bonchev–Trinajstić information content (AvgIpc) is 2.75. The van der Waals surface area contributed by atoms with Gasteiger partial charge in [-0.15, -0.1) is 0 Å². The lowest BCUT2D eigenvalue weighted by molar-refractivity contribution is -0.146. The first-order valence-electron chi connectivity index (χ1n) is 8.14. The number of aromatic nitrogens is 1. The summed E-state index contributed by atoms with van der Waals surface area (Å²) in [4.78, 5) is 3.82. The summed E-state index contributed by atoms with van der Waals surface area (Å²) < 4.78 is 62.8. The number of rotatable bonds is 2. The Morgan fingerprint density at radius 3 is 2.24 bits per heavy atom. The van der Waals surface area contributed by atoms with E-state index < -0.39 is 36.3 Å². The highest BCUT2D eigenvalue weighted by atomic mass is 19.4. The van der Waals surface area contributed by atoms with Crippen molar-refractivity contribution in [1.82, 2.24) is 4.98 Å². The summed E-state index contributed by atoms with van der Waals surface area (Å²) in [7, 11) is -0.955. The zero-order valence-electron chi connectivity index (χ0n) is 14.6. The Balaban J connectivity index is 1.95. The molecule has 1 atom stereocenters. The number of nitrogens with zero attached hydrogens (tertiary/aromatic N) is 1. The molecule has 0 radical (unpaired) electrons. The molecule has 0 N–H and O–H groups in total. The largest absolute Gasteiger partial charge is 0.514 e. The van der Waals surface area contributed by atoms with Crippen LogP contribution in [-0.2, 0) is 25.0 Å². The van der Waals surface area contributed by atoms with Crippen molar-refractivity contribution in [2.75, 3.05) is 19.8 Å². The van der Waals surface area contributed by atoms with Gasteiger partial charge in [0.15, 0.2) is 0 Å². The molecule has 0 aromatic carbocycles. The molecule has 1 aromatic rings. The van der Waals surface area contributed by atoms with E-state index in [-0.39, 0.29) is 24.4 Å². The summed E-state index contributed by atoms with van der Waals surface area (Å²) in [5.41, 5.74) is -2.25. The minimum atomic E-state index is -4.62. The summed E-state index contributed by atoms with van der Waals surface area (Å²) in [6.45, 7) is 8.02. The summed E-state index contributed by atoms with van der Waals surface area (Å²) in [5.74, 6) is 0. The molecule has 2 fully saturated rings. The number of pyridine rings is 1. The minimum absolute atomic E-state index is 0.0348. The maximum absolute atomic E-state index is 13.5. The van der Waals surface area contributed by atoms with Gasteiger partial charge in [-0.1, -0.05) is 6.07 Å². The maximum Gasteiger partial charge on any atom is 0.514 e. The molecule has 138 valence electrons. The van der Waals surface area contributed by atoms with Crippen molar-refractivity contribution in [3.05, 3.63) is 23.4 Å². The van der Waals surface area contributed by atoms with Crippen LogP contribution in [0.2, 0.25) is 0 Å². The lowest BCUT2D eigenvalue weighted by Gasteiger charge is -2.32. The number of hydrogen-bond acceptors (Lipinski definition) is 5. The third-order valence-electron chi connectivity index (χ3n) is 4.87. The molecule has 2 aliphatic rings. The third-order valence-corrected chi connectivity index (χ3v) is 4.87. The summed E-state index contributed by atoms with van der Waals surface area (Å²) >= 11 is 0. The fraction of sp³-hybridized carbons (Fsp3) is 0.688. The van der Waals surface area contributed by atoms with Crippen molar-refractivity contribution in [3.63, 3.8) is 0 Å². The van der Waals surface area contributed by atoms with Gasteiger partial charge in [0.25, 0.3) is 0 Å². The van der Waals surface area contributed by atoms with Gasteiger partial charge in [-0.3, -0.25) is 4.98 Å². The van der Waals surface area contributed by atoms with Crippen LogP contribution in [0.3, 0.4) is 0 Å². The zero-order valence-corrected chi connectivity index (χ0v) is 14.6. The fourth-order valence-corrected chi connectivity index (χ4v) is 2.73. The number of alkyl halides is 3. The highest BCUT2D eigenvalue weighted by molar-refractivity contribution is 6.61. The van der Waals surface area contributed by atoms with Crippen LogP contribution < -0.4 is 5.59 Å². The van der Waals surface area contributed by atoms with Crippen molar-refractivity contribution >= 4 is 12.7 Å². The Kier molecular flexibility index (Phi) is 4.64. The average molecular weight is 359 g/mol. The molecule has 0 aliphatic carbocycles. The van der Waals surface area contributed by atoms with Crippen molar-refractivity contribution < 1.29 is 32.0 Å². The molecule has 25 heavy (non-hydrogen) atoms. The first kappa shape index (κ1) is 18.6. The molecule has 2 aliphatic heterocycles. The quantitative estimate of drug-likeness (QED) is 0.760. The molecule has 9 heteroatoms. The monoisotopic (exact) mass is 359 g/mol. The molecule has 3 rings (SSSR count). The molecule has 1 unspecified atom stereocenters. The Morgan fingerprint density at radius 2 is 1.72 bits per heavy atom. The smallest absolute Gasteiger partial charge is 0.398 e. The van der Waals surface area contributed by atoms with Crippen LogP contribution in [0.25, 0.3) is 0 Å². The normalized spacial score (nSPS) is 26.0. The predicted octanol–water partition coefficient (Wildman–Crippen LogP) is 2.49. The van der Waals surface area contributed by atoms with Crippen LogP contribution in [0.5, 0.6) is 0 Å². The van der Waals surface area contributed by atoms with Crippen LogP contribution >= 0.6 is 0 Å². The van der Waals surface area contributed by atoms with Gasteiger partial charge in [-0.05, 0) is 33.8 Å². The van der Waals surface area contributed by atoms with E-state index in [0.717, 1.165) is 0 Å². The summed E-state index contributed by atoms with van der Waals surface area (Å²) in [6, 6.07) is 2.86. The van der Waals surface area contributed by atoms with Crippen molar-refractivity contribution in [3.8, 4) is 0 Å². The van der Waals surface area contributed by atoms with Crippen LogP contribution in [0, 0.1) is 0 Å². The van der Waals surface area contributed by atoms with Crippen molar-refractivity contribution in [2.24, 2.45) is 0 Å². The highest BCUT2D eigenvalue weighted by Crippen LogP contribution is 2.38. The standard InChI is InChI=1S/C16H21BF3NO4/c1-14(2)15(3,4)25-17(24-14)12-6-5-10(11-9-22-7-8-23-11)13(21-12)16(18,19)20/h5-6,11H,7-9H2,1-4H3. The molecule has 0 saturated carbocycles. The molecular formula is C16H21BF3NO4. The second-order valence-electron chi connectivity index (χ2n) is 7.19. The van der Waals surface area contributed by atoms with Crippen LogP contribution in [-0.4, -0.2) is 43.1 Å². The predicted molar refractivity (Wildman–Crippen MR) is 84.5 cm³/mol. The highest BCUT2D eigenvalue weighted by Gasteiger charge is 2.53. The van der Waals surface area contributed by atoms with Crippen molar-refractivity contribution in [1.29, 1.82) is 0 Å². The van der Waals surface area contributed by atoms with E-state index in [1.54, 1.807) is 0 Å². The maximum atomic E-state index is 13.5. The second-order valence-corrected chi connectivity index (χ2v) is 7.19. The van der Waals surface area contributed by atoms with Gasteiger partial charge in [0.1, 0.15) is 11.8 Å². The Labute approximate surface area is 144 Å². The van der Waals surface area contributed by atoms with Gasteiger partial charge in [0, 0.05) is 5.56 Å². The van der Waals surface area contributed by atoms with Gasteiger partial charge >= 0.3 is 13.3 Å². The Hall–Kier alpha value is -1.16. The van der Waals surface area contributed by atoms with E-state index in [9.17, 15) is 13.2 Å². The Bertz CT molecular complexity index is 629. The van der Waals surface area contributed by atoms with Gasteiger partial charge < -0.3 is 18.8 Å². The van der Waals surface area contributed by atoms with Crippen LogP contribution in [0.1, 0.15) is 45.1 Å². The molecule has 0 spiro atoms. The van der Waals surface area contributed by atoms with Gasteiger partial charge in [0.2, 0.25) is 0 Å². The SMILES string of the molecule is CC1(C)OB(c2ccc(C3COCCO3)c(C(F)(F)F)n2)OC1(C)C. The zero-order chi connectivity index (χ0) is 18.5. The summed E-state index contributed by atoms with van der Waals surface area (Å²) in [6.07, 6.45) is -5.40.